The van der Waals surface area contributed by atoms with Gasteiger partial charge in [0.2, 0.25) is 5.91 Å². The zero-order valence-corrected chi connectivity index (χ0v) is 11.9. The second-order valence-corrected chi connectivity index (χ2v) is 5.40. The Morgan fingerprint density at radius 2 is 2.00 bits per heavy atom. The standard InChI is InChI=1S/C14H15Cl2NO2/c15-11-3-1-10(13(16)9-11)2-4-14(19)17-7-5-12(18)6-8-17/h1-4,9,12,18H,5-8H2/b4-2+. The lowest BCUT2D eigenvalue weighted by molar-refractivity contribution is -0.127. The van der Waals surface area contributed by atoms with Crippen molar-refractivity contribution in [2.45, 2.75) is 18.9 Å². The number of aliphatic hydroxyl groups is 1. The molecule has 0 saturated carbocycles. The van der Waals surface area contributed by atoms with Crippen molar-refractivity contribution in [3.8, 4) is 0 Å². The molecule has 0 aliphatic carbocycles. The highest BCUT2D eigenvalue weighted by Gasteiger charge is 2.19. The topological polar surface area (TPSA) is 40.5 Å². The highest BCUT2D eigenvalue weighted by atomic mass is 35.5. The molecule has 1 saturated heterocycles. The summed E-state index contributed by atoms with van der Waals surface area (Å²) < 4.78 is 0. The van der Waals surface area contributed by atoms with Gasteiger partial charge in [0.05, 0.1) is 6.10 Å². The molecule has 2 rings (SSSR count). The maximum Gasteiger partial charge on any atom is 0.246 e. The van der Waals surface area contributed by atoms with E-state index < -0.39 is 0 Å². The van der Waals surface area contributed by atoms with Crippen molar-refractivity contribution in [3.05, 3.63) is 39.9 Å². The molecule has 1 aliphatic heterocycles. The lowest BCUT2D eigenvalue weighted by Gasteiger charge is -2.28. The summed E-state index contributed by atoms with van der Waals surface area (Å²) in [7, 11) is 0. The number of rotatable bonds is 2. The first-order valence-corrected chi connectivity index (χ1v) is 6.92. The molecule has 1 aromatic rings. The van der Waals surface area contributed by atoms with Crippen molar-refractivity contribution in [3.63, 3.8) is 0 Å². The van der Waals surface area contributed by atoms with Crippen LogP contribution in [0.4, 0.5) is 0 Å². The average molecular weight is 300 g/mol. The SMILES string of the molecule is O=C(/C=C/c1ccc(Cl)cc1Cl)N1CCC(O)CC1. The molecule has 1 aliphatic rings. The van der Waals surface area contributed by atoms with Gasteiger partial charge in [0, 0.05) is 29.2 Å². The summed E-state index contributed by atoms with van der Waals surface area (Å²) in [6.45, 7) is 1.19. The van der Waals surface area contributed by atoms with Crippen molar-refractivity contribution in [1.29, 1.82) is 0 Å². The molecule has 1 amide bonds. The smallest absolute Gasteiger partial charge is 0.246 e. The average Bonchev–Trinajstić information content (AvgIpc) is 2.38. The summed E-state index contributed by atoms with van der Waals surface area (Å²) in [5.74, 6) is -0.0575. The first kappa shape index (κ1) is 14.4. The molecule has 0 aromatic heterocycles. The predicted octanol–water partition coefficient (Wildman–Crippen LogP) is 2.99. The minimum Gasteiger partial charge on any atom is -0.393 e. The van der Waals surface area contributed by atoms with Gasteiger partial charge in [0.1, 0.15) is 0 Å². The first-order valence-electron chi connectivity index (χ1n) is 6.16. The molecule has 102 valence electrons. The Hall–Kier alpha value is -1.03. The molecule has 5 heteroatoms. The van der Waals surface area contributed by atoms with Gasteiger partial charge in [-0.25, -0.2) is 0 Å². The zero-order chi connectivity index (χ0) is 13.8. The fourth-order valence-electron chi connectivity index (χ4n) is 1.99. The summed E-state index contributed by atoms with van der Waals surface area (Å²) in [5.41, 5.74) is 0.761. The Morgan fingerprint density at radius 3 is 2.63 bits per heavy atom. The molecule has 0 radical (unpaired) electrons. The number of nitrogens with zero attached hydrogens (tertiary/aromatic N) is 1. The van der Waals surface area contributed by atoms with Crippen LogP contribution < -0.4 is 0 Å². The van der Waals surface area contributed by atoms with Gasteiger partial charge in [-0.05, 0) is 36.6 Å². The van der Waals surface area contributed by atoms with Crippen LogP contribution in [0, 0.1) is 0 Å². The Balaban J connectivity index is 2.00. The van der Waals surface area contributed by atoms with Crippen molar-refractivity contribution < 1.29 is 9.90 Å². The third-order valence-electron chi connectivity index (χ3n) is 3.14. The molecule has 1 fully saturated rings. The van der Waals surface area contributed by atoms with Crippen molar-refractivity contribution in [2.24, 2.45) is 0 Å². The number of hydrogen-bond acceptors (Lipinski definition) is 2. The van der Waals surface area contributed by atoms with Crippen LogP contribution in [0.2, 0.25) is 10.0 Å². The fraction of sp³-hybridized carbons (Fsp3) is 0.357. The highest BCUT2D eigenvalue weighted by Crippen LogP contribution is 2.22. The van der Waals surface area contributed by atoms with E-state index >= 15 is 0 Å². The Morgan fingerprint density at radius 1 is 1.32 bits per heavy atom. The number of carbonyl (C=O) groups is 1. The van der Waals surface area contributed by atoms with Crippen LogP contribution in [-0.4, -0.2) is 35.1 Å². The van der Waals surface area contributed by atoms with Gasteiger partial charge in [0.25, 0.3) is 0 Å². The van der Waals surface area contributed by atoms with Gasteiger partial charge in [-0.2, -0.15) is 0 Å². The number of likely N-dealkylation sites (tertiary alicyclic amines) is 1. The van der Waals surface area contributed by atoms with E-state index in [1.54, 1.807) is 29.2 Å². The monoisotopic (exact) mass is 299 g/mol. The van der Waals surface area contributed by atoms with Crippen molar-refractivity contribution in [1.82, 2.24) is 4.90 Å². The van der Waals surface area contributed by atoms with E-state index in [2.05, 4.69) is 0 Å². The highest BCUT2D eigenvalue weighted by molar-refractivity contribution is 6.35. The third kappa shape index (κ3) is 3.96. The third-order valence-corrected chi connectivity index (χ3v) is 3.71. The summed E-state index contributed by atoms with van der Waals surface area (Å²) in [6, 6.07) is 5.15. The van der Waals surface area contributed by atoms with Gasteiger partial charge in [-0.3, -0.25) is 4.79 Å². The minimum atomic E-state index is -0.279. The molecule has 1 aromatic carbocycles. The van der Waals surface area contributed by atoms with Crippen LogP contribution in [-0.2, 0) is 4.79 Å². The van der Waals surface area contributed by atoms with Gasteiger partial charge in [-0.15, -0.1) is 0 Å². The number of hydrogen-bond donors (Lipinski definition) is 1. The number of amides is 1. The normalized spacial score (nSPS) is 17.1. The maximum absolute atomic E-state index is 11.9. The number of aliphatic hydroxyl groups excluding tert-OH is 1. The van der Waals surface area contributed by atoms with Crippen LogP contribution >= 0.6 is 23.2 Å². The van der Waals surface area contributed by atoms with E-state index in [1.807, 2.05) is 0 Å². The molecule has 0 bridgehead atoms. The largest absolute Gasteiger partial charge is 0.393 e. The molecule has 3 nitrogen and oxygen atoms in total. The molecular weight excluding hydrogens is 285 g/mol. The molecule has 19 heavy (non-hydrogen) atoms. The van der Waals surface area contributed by atoms with Crippen LogP contribution in [0.5, 0.6) is 0 Å². The Labute approximate surface area is 122 Å². The van der Waals surface area contributed by atoms with Crippen LogP contribution in [0.25, 0.3) is 6.08 Å². The van der Waals surface area contributed by atoms with E-state index in [0.29, 0.717) is 36.0 Å². The number of piperidine rings is 1. The summed E-state index contributed by atoms with van der Waals surface area (Å²) in [6.07, 6.45) is 4.19. The molecule has 1 heterocycles. The number of halogens is 2. The molecule has 0 atom stereocenters. The van der Waals surface area contributed by atoms with Gasteiger partial charge in [-0.1, -0.05) is 29.3 Å². The molecule has 0 spiro atoms. The van der Waals surface area contributed by atoms with E-state index in [9.17, 15) is 9.90 Å². The van der Waals surface area contributed by atoms with Crippen molar-refractivity contribution >= 4 is 35.2 Å². The number of carbonyl (C=O) groups excluding carboxylic acids is 1. The van der Waals surface area contributed by atoms with Gasteiger partial charge in [0.15, 0.2) is 0 Å². The predicted molar refractivity (Wildman–Crippen MR) is 77.3 cm³/mol. The number of benzene rings is 1. The van der Waals surface area contributed by atoms with Gasteiger partial charge < -0.3 is 10.0 Å². The van der Waals surface area contributed by atoms with Crippen LogP contribution in [0.3, 0.4) is 0 Å². The Kier molecular flexibility index (Phi) is 4.86. The van der Waals surface area contributed by atoms with Crippen LogP contribution in [0.1, 0.15) is 18.4 Å². The zero-order valence-electron chi connectivity index (χ0n) is 10.4. The summed E-state index contributed by atoms with van der Waals surface area (Å²) >= 11 is 11.8. The molecule has 0 unspecified atom stereocenters. The second kappa shape index (κ2) is 6.42. The quantitative estimate of drug-likeness (QED) is 0.853. The van der Waals surface area contributed by atoms with E-state index in [0.717, 1.165) is 5.56 Å². The molecular formula is C14H15Cl2NO2. The maximum atomic E-state index is 11.9. The molecule has 1 N–H and O–H groups in total. The van der Waals surface area contributed by atoms with E-state index in [1.165, 1.54) is 6.08 Å². The summed E-state index contributed by atoms with van der Waals surface area (Å²) in [4.78, 5) is 13.7. The van der Waals surface area contributed by atoms with Crippen LogP contribution in [0.15, 0.2) is 24.3 Å². The van der Waals surface area contributed by atoms with E-state index in [4.69, 9.17) is 23.2 Å². The van der Waals surface area contributed by atoms with Gasteiger partial charge >= 0.3 is 0 Å². The fourth-order valence-corrected chi connectivity index (χ4v) is 2.46. The first-order chi connectivity index (χ1) is 9.06. The Bertz CT molecular complexity index is 494. The summed E-state index contributed by atoms with van der Waals surface area (Å²) in [5, 5.41) is 10.5. The lowest BCUT2D eigenvalue weighted by atomic mass is 10.1. The second-order valence-electron chi connectivity index (χ2n) is 4.56. The van der Waals surface area contributed by atoms with E-state index in [-0.39, 0.29) is 12.0 Å². The lowest BCUT2D eigenvalue weighted by Crippen LogP contribution is -2.39. The van der Waals surface area contributed by atoms with Crippen molar-refractivity contribution in [2.75, 3.05) is 13.1 Å². The minimum absolute atomic E-state index is 0.0575.